The summed E-state index contributed by atoms with van der Waals surface area (Å²) in [5.41, 5.74) is 0.863. The Labute approximate surface area is 188 Å². The van der Waals surface area contributed by atoms with Gasteiger partial charge in [-0.25, -0.2) is 17.6 Å². The molecule has 33 heavy (non-hydrogen) atoms. The molecule has 0 heterocycles. The minimum absolute atomic E-state index is 0.105. The van der Waals surface area contributed by atoms with Gasteiger partial charge in [0.05, 0.1) is 12.2 Å². The normalized spacial score (nSPS) is 10.2. The molecule has 0 saturated heterocycles. The van der Waals surface area contributed by atoms with Crippen LogP contribution >= 0.6 is 0 Å². The van der Waals surface area contributed by atoms with E-state index >= 15 is 0 Å². The van der Waals surface area contributed by atoms with Crippen LogP contribution in [0.25, 0.3) is 10.8 Å². The van der Waals surface area contributed by atoms with Crippen LogP contribution in [-0.2, 0) is 0 Å². The first kappa shape index (κ1) is 22.0. The molecule has 0 N–H and O–H groups in total. The zero-order chi connectivity index (χ0) is 23.4. The van der Waals surface area contributed by atoms with Gasteiger partial charge in [-0.3, -0.25) is 0 Å². The molecule has 0 amide bonds. The molecular weight excluding hydrogens is 428 g/mol. The van der Waals surface area contributed by atoms with Crippen LogP contribution in [0.1, 0.15) is 29.2 Å². The van der Waals surface area contributed by atoms with E-state index in [4.69, 9.17) is 4.74 Å². The minimum Gasteiger partial charge on any atom is -0.494 e. The van der Waals surface area contributed by atoms with Crippen molar-refractivity contribution in [3.63, 3.8) is 0 Å². The van der Waals surface area contributed by atoms with Crippen molar-refractivity contribution >= 4 is 10.8 Å². The maximum Gasteiger partial charge on any atom is 0.166 e. The highest BCUT2D eigenvalue weighted by Crippen LogP contribution is 2.22. The molecule has 0 aliphatic rings. The molecule has 0 atom stereocenters. The van der Waals surface area contributed by atoms with Crippen molar-refractivity contribution in [2.45, 2.75) is 6.92 Å². The van der Waals surface area contributed by atoms with E-state index in [9.17, 15) is 17.6 Å². The Hall–Kier alpha value is -4.22. The lowest BCUT2D eigenvalue weighted by molar-refractivity contribution is 0.340. The molecule has 4 aromatic carbocycles. The second kappa shape index (κ2) is 9.51. The summed E-state index contributed by atoms with van der Waals surface area (Å²) in [6.07, 6.45) is 0. The van der Waals surface area contributed by atoms with Gasteiger partial charge in [0.1, 0.15) is 17.4 Å². The minimum atomic E-state index is -0.953. The summed E-state index contributed by atoms with van der Waals surface area (Å²) in [6, 6.07) is 16.1. The average Bonchev–Trinajstić information content (AvgIpc) is 2.81. The van der Waals surface area contributed by atoms with Gasteiger partial charge in [0.2, 0.25) is 0 Å². The number of hydrogen-bond donors (Lipinski definition) is 0. The first-order valence-electron chi connectivity index (χ1n) is 10.1. The molecule has 162 valence electrons. The van der Waals surface area contributed by atoms with Gasteiger partial charge in [-0.05, 0) is 66.9 Å². The first-order valence-corrected chi connectivity index (χ1v) is 10.1. The van der Waals surface area contributed by atoms with E-state index < -0.39 is 28.8 Å². The van der Waals surface area contributed by atoms with Crippen LogP contribution in [0.5, 0.6) is 5.75 Å². The highest BCUT2D eigenvalue weighted by atomic mass is 19.2. The van der Waals surface area contributed by atoms with Gasteiger partial charge in [-0.1, -0.05) is 35.8 Å². The molecule has 0 aliphatic heterocycles. The molecule has 0 aromatic heterocycles. The summed E-state index contributed by atoms with van der Waals surface area (Å²) >= 11 is 0. The first-order chi connectivity index (χ1) is 15.9. The molecule has 0 radical (unpaired) electrons. The fourth-order valence-electron chi connectivity index (χ4n) is 3.19. The molecule has 5 heteroatoms. The van der Waals surface area contributed by atoms with Gasteiger partial charge in [0.15, 0.2) is 11.6 Å². The summed E-state index contributed by atoms with van der Waals surface area (Å²) in [6.45, 7) is 2.44. The maximum atomic E-state index is 14.5. The largest absolute Gasteiger partial charge is 0.494 e. The van der Waals surface area contributed by atoms with E-state index in [1.54, 1.807) is 24.3 Å². The van der Waals surface area contributed by atoms with E-state index in [-0.39, 0.29) is 10.9 Å². The van der Waals surface area contributed by atoms with Crippen LogP contribution in [0.4, 0.5) is 17.6 Å². The molecule has 0 spiro atoms. The second-order valence-corrected chi connectivity index (χ2v) is 7.07. The summed E-state index contributed by atoms with van der Waals surface area (Å²) in [5, 5.41) is 0.537. The molecule has 0 saturated carbocycles. The second-order valence-electron chi connectivity index (χ2n) is 7.07. The number of halogens is 4. The third-order valence-electron chi connectivity index (χ3n) is 4.80. The van der Waals surface area contributed by atoms with E-state index in [1.165, 1.54) is 24.3 Å². The van der Waals surface area contributed by atoms with Crippen LogP contribution in [0, 0.1) is 47.0 Å². The van der Waals surface area contributed by atoms with Gasteiger partial charge >= 0.3 is 0 Å². The van der Waals surface area contributed by atoms with Crippen molar-refractivity contribution in [3.05, 3.63) is 112 Å². The zero-order valence-corrected chi connectivity index (χ0v) is 17.5. The fourth-order valence-corrected chi connectivity index (χ4v) is 3.19. The molecule has 1 nitrogen and oxygen atoms in total. The Balaban J connectivity index is 1.58. The van der Waals surface area contributed by atoms with Crippen molar-refractivity contribution in [1.82, 2.24) is 0 Å². The molecule has 0 fully saturated rings. The van der Waals surface area contributed by atoms with Gasteiger partial charge in [-0.15, -0.1) is 0 Å². The van der Waals surface area contributed by atoms with Crippen LogP contribution in [0.15, 0.2) is 66.7 Å². The molecule has 4 aromatic rings. The highest BCUT2D eigenvalue weighted by molar-refractivity contribution is 5.84. The molecular formula is C28H16F4O. The number of benzene rings is 4. The van der Waals surface area contributed by atoms with Gasteiger partial charge in [-0.2, -0.15) is 0 Å². The number of ether oxygens (including phenoxy) is 1. The highest BCUT2D eigenvalue weighted by Gasteiger charge is 2.09. The third-order valence-corrected chi connectivity index (χ3v) is 4.80. The number of hydrogen-bond acceptors (Lipinski definition) is 1. The predicted molar refractivity (Wildman–Crippen MR) is 120 cm³/mol. The Kier molecular flexibility index (Phi) is 6.33. The summed E-state index contributed by atoms with van der Waals surface area (Å²) < 4.78 is 61.5. The Morgan fingerprint density at radius 1 is 0.636 bits per heavy atom. The van der Waals surface area contributed by atoms with Crippen molar-refractivity contribution in [1.29, 1.82) is 0 Å². The fraction of sp³-hybridized carbons (Fsp3) is 0.0714. The van der Waals surface area contributed by atoms with Crippen molar-refractivity contribution in [2.75, 3.05) is 6.61 Å². The third kappa shape index (κ3) is 5.00. The van der Waals surface area contributed by atoms with Crippen molar-refractivity contribution in [2.24, 2.45) is 0 Å². The number of fused-ring (bicyclic) bond motifs is 1. The summed E-state index contributed by atoms with van der Waals surface area (Å²) in [4.78, 5) is 0. The molecule has 0 bridgehead atoms. The van der Waals surface area contributed by atoms with Crippen molar-refractivity contribution < 1.29 is 22.3 Å². The van der Waals surface area contributed by atoms with Crippen LogP contribution in [-0.4, -0.2) is 6.61 Å². The quantitative estimate of drug-likeness (QED) is 0.250. The maximum absolute atomic E-state index is 14.5. The van der Waals surface area contributed by atoms with Crippen LogP contribution in [0.2, 0.25) is 0 Å². The lowest BCUT2D eigenvalue weighted by Crippen LogP contribution is -1.93. The molecule has 4 rings (SSSR count). The van der Waals surface area contributed by atoms with E-state index in [0.29, 0.717) is 28.9 Å². The van der Waals surface area contributed by atoms with Gasteiger partial charge in [0.25, 0.3) is 0 Å². The molecule has 0 unspecified atom stereocenters. The van der Waals surface area contributed by atoms with Crippen molar-refractivity contribution in [3.8, 4) is 29.4 Å². The van der Waals surface area contributed by atoms with Gasteiger partial charge < -0.3 is 4.74 Å². The van der Waals surface area contributed by atoms with Gasteiger partial charge in [0, 0.05) is 22.1 Å². The SMILES string of the molecule is CCOc1ccc(C#Cc2cc(F)c(C#Cc3ccc4c(F)c(F)ccc4c3)c(F)c2)cc1. The molecule has 0 aliphatic carbocycles. The Morgan fingerprint density at radius 2 is 1.27 bits per heavy atom. The summed E-state index contributed by atoms with van der Waals surface area (Å²) in [7, 11) is 0. The standard InChI is InChI=1S/C28H16F4O/c1-2-33-22-10-5-18(6-11-22)3-4-20-16-26(30)24(27(31)17-20)13-8-19-7-12-23-21(15-19)9-14-25(29)28(23)32/h5-7,9-12,14-17H,2H2,1H3. The lowest BCUT2D eigenvalue weighted by Gasteiger charge is -2.02. The monoisotopic (exact) mass is 444 g/mol. The Morgan fingerprint density at radius 3 is 1.97 bits per heavy atom. The summed E-state index contributed by atoms with van der Waals surface area (Å²) in [5.74, 6) is 7.87. The smallest absolute Gasteiger partial charge is 0.166 e. The lowest BCUT2D eigenvalue weighted by atomic mass is 10.1. The van der Waals surface area contributed by atoms with E-state index in [2.05, 4.69) is 23.7 Å². The predicted octanol–water partition coefficient (Wildman–Crippen LogP) is 6.59. The van der Waals surface area contributed by atoms with E-state index in [0.717, 1.165) is 18.2 Å². The van der Waals surface area contributed by atoms with Crippen LogP contribution in [0.3, 0.4) is 0 Å². The number of rotatable bonds is 2. The topological polar surface area (TPSA) is 9.23 Å². The van der Waals surface area contributed by atoms with E-state index in [1.807, 2.05) is 6.92 Å². The average molecular weight is 444 g/mol. The van der Waals surface area contributed by atoms with Crippen LogP contribution < -0.4 is 4.74 Å². The Bertz CT molecular complexity index is 1440. The zero-order valence-electron chi connectivity index (χ0n) is 17.5.